The van der Waals surface area contributed by atoms with E-state index in [1.165, 1.54) is 11.3 Å². The fraction of sp³-hybridized carbons (Fsp3) is 0.471. The fourth-order valence-electron chi connectivity index (χ4n) is 3.18. The van der Waals surface area contributed by atoms with Crippen molar-refractivity contribution in [1.29, 1.82) is 0 Å². The Labute approximate surface area is 131 Å². The summed E-state index contributed by atoms with van der Waals surface area (Å²) in [7, 11) is 4.17. The van der Waals surface area contributed by atoms with Crippen LogP contribution in [0.2, 0.25) is 0 Å². The van der Waals surface area contributed by atoms with Crippen LogP contribution in [0.3, 0.4) is 0 Å². The van der Waals surface area contributed by atoms with Gasteiger partial charge in [-0.15, -0.1) is 0 Å². The summed E-state index contributed by atoms with van der Waals surface area (Å²) < 4.78 is 2.15. The Morgan fingerprint density at radius 1 is 1.36 bits per heavy atom. The summed E-state index contributed by atoms with van der Waals surface area (Å²) in [5.74, 6) is 0. The van der Waals surface area contributed by atoms with Gasteiger partial charge in [-0.2, -0.15) is 5.10 Å². The highest BCUT2D eigenvalue weighted by atomic mass is 15.3. The van der Waals surface area contributed by atoms with E-state index in [-0.39, 0.29) is 6.04 Å². The van der Waals surface area contributed by atoms with Gasteiger partial charge in [-0.3, -0.25) is 4.68 Å². The summed E-state index contributed by atoms with van der Waals surface area (Å²) in [4.78, 5) is 2.18. The second kappa shape index (κ2) is 6.10. The molecule has 118 valence electrons. The van der Waals surface area contributed by atoms with Crippen molar-refractivity contribution in [2.45, 2.75) is 31.8 Å². The van der Waals surface area contributed by atoms with Gasteiger partial charge in [-0.05, 0) is 45.5 Å². The van der Waals surface area contributed by atoms with Gasteiger partial charge in [0.1, 0.15) is 0 Å². The number of rotatable bonds is 4. The number of hydrogen-bond donors (Lipinski definition) is 2. The van der Waals surface area contributed by atoms with E-state index >= 15 is 0 Å². The van der Waals surface area contributed by atoms with Crippen molar-refractivity contribution in [3.63, 3.8) is 0 Å². The molecule has 5 nitrogen and oxygen atoms in total. The van der Waals surface area contributed by atoms with Crippen molar-refractivity contribution in [3.05, 3.63) is 35.5 Å². The second-order valence-corrected chi connectivity index (χ2v) is 6.36. The number of nitrogens with zero attached hydrogens (tertiary/aromatic N) is 3. The average molecular weight is 299 g/mol. The molecule has 0 aliphatic heterocycles. The predicted octanol–water partition coefficient (Wildman–Crippen LogP) is 2.03. The van der Waals surface area contributed by atoms with Crippen molar-refractivity contribution in [2.24, 2.45) is 5.73 Å². The monoisotopic (exact) mass is 299 g/mol. The minimum absolute atomic E-state index is 0.0771. The quantitative estimate of drug-likeness (QED) is 0.847. The smallest absolute Gasteiger partial charge is 0.0974 e. The molecule has 0 bridgehead atoms. The van der Waals surface area contributed by atoms with E-state index < -0.39 is 0 Å². The van der Waals surface area contributed by atoms with Gasteiger partial charge in [-0.1, -0.05) is 12.1 Å². The molecule has 0 saturated carbocycles. The molecule has 3 rings (SSSR count). The first-order valence-electron chi connectivity index (χ1n) is 7.92. The molecular formula is C17H25N5. The lowest BCUT2D eigenvalue weighted by atomic mass is 9.89. The highest BCUT2D eigenvalue weighted by Gasteiger charge is 2.26. The molecule has 0 radical (unpaired) electrons. The summed E-state index contributed by atoms with van der Waals surface area (Å²) in [6.07, 6.45) is 3.23. The van der Waals surface area contributed by atoms with E-state index in [4.69, 9.17) is 16.6 Å². The maximum absolute atomic E-state index is 6.40. The first-order valence-corrected chi connectivity index (χ1v) is 7.92. The number of likely N-dealkylation sites (N-methyl/N-ethyl adjacent to an activating group) is 1. The Morgan fingerprint density at radius 2 is 2.18 bits per heavy atom. The Morgan fingerprint density at radius 3 is 2.91 bits per heavy atom. The van der Waals surface area contributed by atoms with Gasteiger partial charge in [0.2, 0.25) is 0 Å². The van der Waals surface area contributed by atoms with Crippen molar-refractivity contribution in [1.82, 2.24) is 14.7 Å². The zero-order valence-electron chi connectivity index (χ0n) is 13.4. The molecule has 0 spiro atoms. The molecule has 1 atom stereocenters. The molecule has 0 amide bonds. The Hall–Kier alpha value is -1.85. The van der Waals surface area contributed by atoms with Gasteiger partial charge in [0.15, 0.2) is 0 Å². The summed E-state index contributed by atoms with van der Waals surface area (Å²) in [5, 5.41) is 4.88. The third-order valence-electron chi connectivity index (χ3n) is 4.32. The van der Waals surface area contributed by atoms with Crippen LogP contribution in [-0.4, -0.2) is 35.3 Å². The normalized spacial score (nSPS) is 17.7. The summed E-state index contributed by atoms with van der Waals surface area (Å²) in [5.41, 5.74) is 17.7. The Kier molecular flexibility index (Phi) is 4.18. The fourth-order valence-corrected chi connectivity index (χ4v) is 3.18. The molecule has 1 aliphatic rings. The van der Waals surface area contributed by atoms with Gasteiger partial charge in [0.05, 0.1) is 12.2 Å². The first kappa shape index (κ1) is 15.1. The van der Waals surface area contributed by atoms with Crippen LogP contribution in [0.25, 0.3) is 11.3 Å². The van der Waals surface area contributed by atoms with Gasteiger partial charge in [0, 0.05) is 35.1 Å². The lowest BCUT2D eigenvalue weighted by molar-refractivity contribution is 0.367. The SMILES string of the molecule is CN(C)CCn1nc(-c2cccc(N)c2)c2c1CCCC2N. The van der Waals surface area contributed by atoms with Crippen molar-refractivity contribution in [2.75, 3.05) is 26.4 Å². The van der Waals surface area contributed by atoms with E-state index in [9.17, 15) is 0 Å². The molecule has 1 aliphatic carbocycles. The molecule has 0 fully saturated rings. The largest absolute Gasteiger partial charge is 0.399 e. The number of anilines is 1. The van der Waals surface area contributed by atoms with E-state index in [2.05, 4.69) is 29.7 Å². The molecule has 1 heterocycles. The number of hydrogen-bond acceptors (Lipinski definition) is 4. The number of nitrogens with two attached hydrogens (primary N) is 2. The van der Waals surface area contributed by atoms with Crippen LogP contribution in [-0.2, 0) is 13.0 Å². The Bertz CT molecular complexity index is 659. The van der Waals surface area contributed by atoms with E-state index in [1.54, 1.807) is 0 Å². The molecule has 1 unspecified atom stereocenters. The van der Waals surface area contributed by atoms with Crippen LogP contribution in [0.1, 0.15) is 30.1 Å². The number of nitrogen functional groups attached to an aromatic ring is 1. The van der Waals surface area contributed by atoms with E-state index in [1.807, 2.05) is 18.2 Å². The maximum atomic E-state index is 6.40. The van der Waals surface area contributed by atoms with Crippen LogP contribution in [0.15, 0.2) is 24.3 Å². The molecule has 22 heavy (non-hydrogen) atoms. The number of fused-ring (bicyclic) bond motifs is 1. The molecular weight excluding hydrogens is 274 g/mol. The predicted molar refractivity (Wildman–Crippen MR) is 90.5 cm³/mol. The zero-order valence-corrected chi connectivity index (χ0v) is 13.4. The van der Waals surface area contributed by atoms with Crippen LogP contribution in [0.4, 0.5) is 5.69 Å². The zero-order chi connectivity index (χ0) is 15.7. The van der Waals surface area contributed by atoms with E-state index in [0.717, 1.165) is 49.3 Å². The van der Waals surface area contributed by atoms with Crippen molar-refractivity contribution in [3.8, 4) is 11.3 Å². The second-order valence-electron chi connectivity index (χ2n) is 6.36. The molecule has 1 aromatic carbocycles. The molecule has 4 N–H and O–H groups in total. The summed E-state index contributed by atoms with van der Waals surface area (Å²) in [6.45, 7) is 1.87. The maximum Gasteiger partial charge on any atom is 0.0974 e. The molecule has 2 aromatic rings. The van der Waals surface area contributed by atoms with Gasteiger partial charge >= 0.3 is 0 Å². The molecule has 1 aromatic heterocycles. The van der Waals surface area contributed by atoms with Crippen LogP contribution in [0, 0.1) is 0 Å². The van der Waals surface area contributed by atoms with Crippen LogP contribution < -0.4 is 11.5 Å². The van der Waals surface area contributed by atoms with Gasteiger partial charge in [-0.25, -0.2) is 0 Å². The van der Waals surface area contributed by atoms with Gasteiger partial charge in [0.25, 0.3) is 0 Å². The Balaban J connectivity index is 2.06. The molecule has 5 heteroatoms. The highest BCUT2D eigenvalue weighted by Crippen LogP contribution is 2.36. The van der Waals surface area contributed by atoms with Crippen molar-refractivity contribution < 1.29 is 0 Å². The minimum atomic E-state index is 0.0771. The minimum Gasteiger partial charge on any atom is -0.399 e. The standard InChI is InChI=1S/C17H25N5/c1-21(2)9-10-22-15-8-4-7-14(19)16(15)17(20-22)12-5-3-6-13(18)11-12/h3,5-6,11,14H,4,7-10,18-19H2,1-2H3. The lowest BCUT2D eigenvalue weighted by Crippen LogP contribution is -2.22. The van der Waals surface area contributed by atoms with Gasteiger partial charge < -0.3 is 16.4 Å². The summed E-state index contributed by atoms with van der Waals surface area (Å²) in [6, 6.07) is 8.01. The highest BCUT2D eigenvalue weighted by molar-refractivity contribution is 5.68. The summed E-state index contributed by atoms with van der Waals surface area (Å²) >= 11 is 0. The van der Waals surface area contributed by atoms with Crippen LogP contribution in [0.5, 0.6) is 0 Å². The molecule has 0 saturated heterocycles. The van der Waals surface area contributed by atoms with E-state index in [0.29, 0.717) is 0 Å². The first-order chi connectivity index (χ1) is 10.6. The number of benzene rings is 1. The number of aromatic nitrogens is 2. The lowest BCUT2D eigenvalue weighted by Gasteiger charge is -2.21. The third kappa shape index (κ3) is 2.87. The third-order valence-corrected chi connectivity index (χ3v) is 4.32. The average Bonchev–Trinajstić information content (AvgIpc) is 2.85. The van der Waals surface area contributed by atoms with Crippen LogP contribution >= 0.6 is 0 Å². The van der Waals surface area contributed by atoms with Crippen molar-refractivity contribution >= 4 is 5.69 Å². The topological polar surface area (TPSA) is 73.1 Å².